The summed E-state index contributed by atoms with van der Waals surface area (Å²) in [6.45, 7) is 0. The van der Waals surface area contributed by atoms with Crippen LogP contribution in [0.1, 0.15) is 28.0 Å². The third kappa shape index (κ3) is 3.24. The molecule has 0 bridgehead atoms. The van der Waals surface area contributed by atoms with Crippen molar-refractivity contribution in [3.8, 4) is 5.69 Å². The van der Waals surface area contributed by atoms with Gasteiger partial charge < -0.3 is 9.88 Å². The SMILES string of the molecule is Cn1ccnc1C(NC(=O)c1nc2n(n1)-c1ccccc1S(=O)(=O)N2)c1ccccc1. The Balaban J connectivity index is 1.52. The van der Waals surface area contributed by atoms with Gasteiger partial charge in [-0.05, 0) is 17.7 Å². The number of hydrogen-bond acceptors (Lipinski definition) is 6. The Morgan fingerprint density at radius 2 is 1.84 bits per heavy atom. The van der Waals surface area contributed by atoms with Crippen LogP contribution in [0.5, 0.6) is 0 Å². The van der Waals surface area contributed by atoms with Crippen molar-refractivity contribution in [1.82, 2.24) is 29.6 Å². The number of aryl methyl sites for hydroxylation is 1. The highest BCUT2D eigenvalue weighted by molar-refractivity contribution is 7.92. The van der Waals surface area contributed by atoms with Gasteiger partial charge in [0.2, 0.25) is 11.8 Å². The Bertz CT molecular complexity index is 1390. The molecule has 2 aromatic carbocycles. The average molecular weight is 435 g/mol. The molecule has 11 heteroatoms. The van der Waals surface area contributed by atoms with Crippen molar-refractivity contribution in [2.45, 2.75) is 10.9 Å². The topological polar surface area (TPSA) is 124 Å². The molecule has 0 radical (unpaired) electrons. The molecule has 0 spiro atoms. The van der Waals surface area contributed by atoms with Crippen LogP contribution in [-0.4, -0.2) is 38.6 Å². The fourth-order valence-corrected chi connectivity index (χ4v) is 4.64. The second-order valence-electron chi connectivity index (χ2n) is 6.96. The van der Waals surface area contributed by atoms with Crippen molar-refractivity contribution in [1.29, 1.82) is 0 Å². The lowest BCUT2D eigenvalue weighted by Crippen LogP contribution is -2.32. The van der Waals surface area contributed by atoms with Crippen molar-refractivity contribution in [3.05, 3.63) is 84.2 Å². The zero-order valence-corrected chi connectivity index (χ0v) is 17.1. The number of aromatic nitrogens is 5. The summed E-state index contributed by atoms with van der Waals surface area (Å²) in [5, 5.41) is 7.16. The third-order valence-electron chi connectivity index (χ3n) is 4.94. The number of imidazole rings is 1. The first-order valence-electron chi connectivity index (χ1n) is 9.36. The largest absolute Gasteiger partial charge is 0.336 e. The smallest absolute Gasteiger partial charge is 0.291 e. The van der Waals surface area contributed by atoms with E-state index in [1.54, 1.807) is 30.6 Å². The van der Waals surface area contributed by atoms with Crippen LogP contribution >= 0.6 is 0 Å². The van der Waals surface area contributed by atoms with Gasteiger partial charge in [-0.3, -0.25) is 4.79 Å². The number of sulfonamides is 1. The maximum absolute atomic E-state index is 13.1. The van der Waals surface area contributed by atoms with Gasteiger partial charge in [0.15, 0.2) is 0 Å². The number of amides is 1. The summed E-state index contributed by atoms with van der Waals surface area (Å²) in [7, 11) is -1.96. The molecule has 0 saturated carbocycles. The molecule has 1 atom stereocenters. The fourth-order valence-electron chi connectivity index (χ4n) is 3.47. The highest BCUT2D eigenvalue weighted by Crippen LogP contribution is 2.29. The van der Waals surface area contributed by atoms with Crippen molar-refractivity contribution in [3.63, 3.8) is 0 Å². The molecule has 4 aromatic rings. The maximum Gasteiger partial charge on any atom is 0.291 e. The summed E-state index contributed by atoms with van der Waals surface area (Å²) in [4.78, 5) is 21.6. The zero-order valence-electron chi connectivity index (χ0n) is 16.3. The maximum atomic E-state index is 13.1. The van der Waals surface area contributed by atoms with Gasteiger partial charge in [-0.25, -0.2) is 18.1 Å². The Hall–Kier alpha value is -3.99. The molecule has 0 aliphatic carbocycles. The van der Waals surface area contributed by atoms with Gasteiger partial charge >= 0.3 is 0 Å². The second-order valence-corrected chi connectivity index (χ2v) is 8.61. The second kappa shape index (κ2) is 7.06. The summed E-state index contributed by atoms with van der Waals surface area (Å²) >= 11 is 0. The normalized spacial score (nSPS) is 14.7. The Kier molecular flexibility index (Phi) is 4.33. The molecule has 1 aliphatic heterocycles. The van der Waals surface area contributed by atoms with Gasteiger partial charge in [0.05, 0.1) is 5.69 Å². The van der Waals surface area contributed by atoms with Crippen LogP contribution < -0.4 is 10.0 Å². The van der Waals surface area contributed by atoms with Crippen LogP contribution in [-0.2, 0) is 17.1 Å². The number of rotatable bonds is 4. The van der Waals surface area contributed by atoms with Gasteiger partial charge in [-0.2, -0.15) is 9.67 Å². The zero-order chi connectivity index (χ0) is 21.6. The molecule has 3 heterocycles. The molecule has 0 saturated heterocycles. The molecule has 1 unspecified atom stereocenters. The van der Waals surface area contributed by atoms with Gasteiger partial charge in [0, 0.05) is 19.4 Å². The fraction of sp³-hybridized carbons (Fsp3) is 0.100. The monoisotopic (exact) mass is 435 g/mol. The van der Waals surface area contributed by atoms with E-state index >= 15 is 0 Å². The van der Waals surface area contributed by atoms with E-state index in [4.69, 9.17) is 0 Å². The Morgan fingerprint density at radius 1 is 1.10 bits per heavy atom. The van der Waals surface area contributed by atoms with Gasteiger partial charge in [0.25, 0.3) is 15.9 Å². The number of benzene rings is 2. The highest BCUT2D eigenvalue weighted by Gasteiger charge is 2.31. The lowest BCUT2D eigenvalue weighted by atomic mass is 10.1. The van der Waals surface area contributed by atoms with E-state index in [1.165, 1.54) is 10.7 Å². The molecule has 156 valence electrons. The summed E-state index contributed by atoms with van der Waals surface area (Å²) < 4.78 is 30.4. The quantitative estimate of drug-likeness (QED) is 0.502. The van der Waals surface area contributed by atoms with Crippen LogP contribution in [0, 0.1) is 0 Å². The summed E-state index contributed by atoms with van der Waals surface area (Å²) in [6.07, 6.45) is 3.44. The number of anilines is 1. The first kappa shape index (κ1) is 19.0. The van der Waals surface area contributed by atoms with Crippen molar-refractivity contribution < 1.29 is 13.2 Å². The van der Waals surface area contributed by atoms with E-state index in [-0.39, 0.29) is 16.7 Å². The number of nitrogens with zero attached hydrogens (tertiary/aromatic N) is 5. The van der Waals surface area contributed by atoms with E-state index in [0.29, 0.717) is 11.5 Å². The molecule has 31 heavy (non-hydrogen) atoms. The number of hydrogen-bond donors (Lipinski definition) is 2. The van der Waals surface area contributed by atoms with Crippen LogP contribution in [0.2, 0.25) is 0 Å². The van der Waals surface area contributed by atoms with E-state index in [1.807, 2.05) is 41.9 Å². The number of carbonyl (C=O) groups is 1. The molecular formula is C20H17N7O3S. The van der Waals surface area contributed by atoms with Crippen molar-refractivity contribution in [2.75, 3.05) is 4.72 Å². The van der Waals surface area contributed by atoms with Crippen molar-refractivity contribution in [2.24, 2.45) is 7.05 Å². The van der Waals surface area contributed by atoms with Gasteiger partial charge in [0.1, 0.15) is 16.8 Å². The summed E-state index contributed by atoms with van der Waals surface area (Å²) in [6, 6.07) is 15.2. The lowest BCUT2D eigenvalue weighted by molar-refractivity contribution is 0.0930. The predicted molar refractivity (Wildman–Crippen MR) is 111 cm³/mol. The molecule has 5 rings (SSSR count). The van der Waals surface area contributed by atoms with E-state index in [9.17, 15) is 13.2 Å². The van der Waals surface area contributed by atoms with Crippen molar-refractivity contribution >= 4 is 21.9 Å². The molecule has 2 aromatic heterocycles. The molecule has 1 amide bonds. The highest BCUT2D eigenvalue weighted by atomic mass is 32.2. The van der Waals surface area contributed by atoms with Gasteiger partial charge in [-0.15, -0.1) is 5.10 Å². The standard InChI is InChI=1S/C20H17N7O3S/c1-26-12-11-21-18(26)16(13-7-3-2-4-8-13)22-19(28)17-23-20-25-31(29,30)15-10-6-5-9-14(15)27(20)24-17/h2-12,16H,1H3,(H,22,28)(H,23,24,25). The van der Waals surface area contributed by atoms with E-state index < -0.39 is 22.0 Å². The third-order valence-corrected chi connectivity index (χ3v) is 6.32. The summed E-state index contributed by atoms with van der Waals surface area (Å²) in [5.74, 6) is -0.133. The molecule has 2 N–H and O–H groups in total. The first-order chi connectivity index (χ1) is 14.9. The number of fused-ring (bicyclic) bond motifs is 3. The van der Waals surface area contributed by atoms with Gasteiger partial charge in [-0.1, -0.05) is 42.5 Å². The number of para-hydroxylation sites is 1. The van der Waals surface area contributed by atoms with Crippen LogP contribution in [0.4, 0.5) is 5.95 Å². The minimum Gasteiger partial charge on any atom is -0.336 e. The van der Waals surface area contributed by atoms with Crippen LogP contribution in [0.15, 0.2) is 71.9 Å². The summed E-state index contributed by atoms with van der Waals surface area (Å²) in [5.41, 5.74) is 1.16. The van der Waals surface area contributed by atoms with Crippen LogP contribution in [0.25, 0.3) is 5.69 Å². The lowest BCUT2D eigenvalue weighted by Gasteiger charge is -2.18. The molecule has 1 aliphatic rings. The first-order valence-corrected chi connectivity index (χ1v) is 10.8. The van der Waals surface area contributed by atoms with E-state index in [2.05, 4.69) is 25.1 Å². The molecule has 10 nitrogen and oxygen atoms in total. The number of carbonyl (C=O) groups excluding carboxylic acids is 1. The average Bonchev–Trinajstić information content (AvgIpc) is 3.38. The Labute approximate surface area is 177 Å². The Morgan fingerprint density at radius 3 is 2.58 bits per heavy atom. The number of nitrogens with one attached hydrogen (secondary N) is 2. The van der Waals surface area contributed by atoms with Crippen LogP contribution in [0.3, 0.4) is 0 Å². The predicted octanol–water partition coefficient (Wildman–Crippen LogP) is 1.63. The molecular weight excluding hydrogens is 418 g/mol. The van der Waals surface area contributed by atoms with E-state index in [0.717, 1.165) is 5.56 Å². The minimum absolute atomic E-state index is 0.0443. The minimum atomic E-state index is -3.79. The molecule has 0 fully saturated rings.